The molecule has 1 aliphatic carbocycles. The Bertz CT molecular complexity index is 625. The minimum atomic E-state index is 0.334. The summed E-state index contributed by atoms with van der Waals surface area (Å²) < 4.78 is 0. The fourth-order valence-electron chi connectivity index (χ4n) is 2.52. The van der Waals surface area contributed by atoms with Gasteiger partial charge in [-0.25, -0.2) is 4.98 Å². The molecule has 2 aromatic rings. The molecule has 1 aromatic carbocycles. The van der Waals surface area contributed by atoms with Gasteiger partial charge in [0.05, 0.1) is 5.69 Å². The number of nitrogens with two attached hydrogens (primary N) is 1. The third-order valence-electron chi connectivity index (χ3n) is 3.49. The van der Waals surface area contributed by atoms with Crippen LogP contribution in [0.3, 0.4) is 0 Å². The zero-order valence-corrected chi connectivity index (χ0v) is 11.4. The van der Waals surface area contributed by atoms with Crippen molar-refractivity contribution in [3.63, 3.8) is 0 Å². The summed E-state index contributed by atoms with van der Waals surface area (Å²) in [6.45, 7) is 4.22. The van der Waals surface area contributed by atoms with Crippen LogP contribution in [-0.4, -0.2) is 4.98 Å². The quantitative estimate of drug-likeness (QED) is 0.888. The zero-order chi connectivity index (χ0) is 12.7. The van der Waals surface area contributed by atoms with Gasteiger partial charge in [0, 0.05) is 10.8 Å². The highest BCUT2D eigenvalue weighted by Gasteiger charge is 2.23. The maximum absolute atomic E-state index is 5.80. The van der Waals surface area contributed by atoms with E-state index in [1.165, 1.54) is 21.6 Å². The SMILES string of the molecule is CCc1ccc2c(c1)C=CC2c1sc(N)nc1C. The Morgan fingerprint density at radius 3 is 2.89 bits per heavy atom. The van der Waals surface area contributed by atoms with Gasteiger partial charge in [0.2, 0.25) is 0 Å². The number of nitrogens with zero attached hydrogens (tertiary/aromatic N) is 1. The lowest BCUT2D eigenvalue weighted by Gasteiger charge is -2.10. The van der Waals surface area contributed by atoms with Gasteiger partial charge < -0.3 is 5.73 Å². The van der Waals surface area contributed by atoms with Gasteiger partial charge in [0.25, 0.3) is 0 Å². The highest BCUT2D eigenvalue weighted by atomic mass is 32.1. The first-order valence-corrected chi connectivity index (χ1v) is 7.04. The lowest BCUT2D eigenvalue weighted by Crippen LogP contribution is -1.96. The van der Waals surface area contributed by atoms with E-state index in [9.17, 15) is 0 Å². The molecule has 0 aliphatic heterocycles. The fraction of sp³-hybridized carbons (Fsp3) is 0.267. The molecular formula is C15H16N2S. The van der Waals surface area contributed by atoms with Gasteiger partial charge in [-0.15, -0.1) is 11.3 Å². The van der Waals surface area contributed by atoms with Gasteiger partial charge >= 0.3 is 0 Å². The first-order valence-electron chi connectivity index (χ1n) is 6.23. The third-order valence-corrected chi connectivity index (χ3v) is 4.56. The summed E-state index contributed by atoms with van der Waals surface area (Å²) in [7, 11) is 0. The average Bonchev–Trinajstić information content (AvgIpc) is 2.91. The molecule has 1 atom stereocenters. The smallest absolute Gasteiger partial charge is 0.180 e. The number of rotatable bonds is 2. The van der Waals surface area contributed by atoms with Gasteiger partial charge in [-0.1, -0.05) is 37.3 Å². The van der Waals surface area contributed by atoms with E-state index in [-0.39, 0.29) is 0 Å². The van der Waals surface area contributed by atoms with Crippen LogP contribution in [0.5, 0.6) is 0 Å². The summed E-state index contributed by atoms with van der Waals surface area (Å²) in [5.41, 5.74) is 11.0. The molecule has 2 N–H and O–H groups in total. The molecule has 3 heteroatoms. The second-order valence-corrected chi connectivity index (χ2v) is 5.72. The van der Waals surface area contributed by atoms with Gasteiger partial charge in [-0.05, 0) is 30.0 Å². The van der Waals surface area contributed by atoms with Gasteiger partial charge in [-0.3, -0.25) is 0 Å². The van der Waals surface area contributed by atoms with E-state index in [1.807, 2.05) is 6.92 Å². The summed E-state index contributed by atoms with van der Waals surface area (Å²) >= 11 is 1.60. The van der Waals surface area contributed by atoms with E-state index < -0.39 is 0 Å². The van der Waals surface area contributed by atoms with Crippen molar-refractivity contribution in [3.05, 3.63) is 51.5 Å². The lowest BCUT2D eigenvalue weighted by atomic mass is 9.96. The normalized spacial score (nSPS) is 17.1. The summed E-state index contributed by atoms with van der Waals surface area (Å²) in [5.74, 6) is 0.334. The third kappa shape index (κ3) is 1.75. The molecule has 0 saturated carbocycles. The summed E-state index contributed by atoms with van der Waals surface area (Å²) in [6, 6.07) is 6.75. The Balaban J connectivity index is 2.05. The van der Waals surface area contributed by atoms with Crippen molar-refractivity contribution in [1.29, 1.82) is 0 Å². The van der Waals surface area contributed by atoms with E-state index in [4.69, 9.17) is 5.73 Å². The molecule has 1 aliphatic rings. The number of hydrogen-bond acceptors (Lipinski definition) is 3. The van der Waals surface area contributed by atoms with Crippen molar-refractivity contribution in [1.82, 2.24) is 4.98 Å². The second kappa shape index (κ2) is 4.25. The van der Waals surface area contributed by atoms with E-state index in [1.54, 1.807) is 11.3 Å². The van der Waals surface area contributed by atoms with Crippen LogP contribution in [0.15, 0.2) is 24.3 Å². The molecule has 0 bridgehead atoms. The Hall–Kier alpha value is -1.61. The predicted molar refractivity (Wildman–Crippen MR) is 78.0 cm³/mol. The number of hydrogen-bond donors (Lipinski definition) is 1. The van der Waals surface area contributed by atoms with Crippen molar-refractivity contribution in [3.8, 4) is 0 Å². The number of aryl methyl sites for hydroxylation is 2. The second-order valence-electron chi connectivity index (χ2n) is 4.66. The lowest BCUT2D eigenvalue weighted by molar-refractivity contribution is 1.04. The van der Waals surface area contributed by atoms with Crippen LogP contribution in [0.25, 0.3) is 6.08 Å². The predicted octanol–water partition coefficient (Wildman–Crippen LogP) is 3.75. The summed E-state index contributed by atoms with van der Waals surface area (Å²) in [4.78, 5) is 5.59. The summed E-state index contributed by atoms with van der Waals surface area (Å²) in [6.07, 6.45) is 5.55. The van der Waals surface area contributed by atoms with Crippen LogP contribution < -0.4 is 5.73 Å². The molecule has 0 saturated heterocycles. The minimum absolute atomic E-state index is 0.334. The van der Waals surface area contributed by atoms with Crippen LogP contribution in [0.2, 0.25) is 0 Å². The van der Waals surface area contributed by atoms with Gasteiger partial charge in [-0.2, -0.15) is 0 Å². The molecule has 0 fully saturated rings. The van der Waals surface area contributed by atoms with E-state index >= 15 is 0 Å². The van der Waals surface area contributed by atoms with E-state index in [2.05, 4.69) is 42.3 Å². The van der Waals surface area contributed by atoms with Crippen LogP contribution in [0.4, 0.5) is 5.13 Å². The van der Waals surface area contributed by atoms with Crippen molar-refractivity contribution in [2.24, 2.45) is 0 Å². The number of benzene rings is 1. The number of allylic oxidation sites excluding steroid dienone is 1. The number of anilines is 1. The Morgan fingerprint density at radius 2 is 2.22 bits per heavy atom. The van der Waals surface area contributed by atoms with Crippen LogP contribution in [0.1, 0.15) is 40.1 Å². The largest absolute Gasteiger partial charge is 0.375 e. The topological polar surface area (TPSA) is 38.9 Å². The number of thiazole rings is 1. The molecule has 1 heterocycles. The molecular weight excluding hydrogens is 240 g/mol. The molecule has 0 radical (unpaired) electrons. The molecule has 1 unspecified atom stereocenters. The zero-order valence-electron chi connectivity index (χ0n) is 10.6. The molecule has 3 rings (SSSR count). The van der Waals surface area contributed by atoms with Crippen LogP contribution in [-0.2, 0) is 6.42 Å². The van der Waals surface area contributed by atoms with Crippen LogP contribution in [0, 0.1) is 6.92 Å². The molecule has 0 amide bonds. The number of fused-ring (bicyclic) bond motifs is 1. The molecule has 2 nitrogen and oxygen atoms in total. The first-order chi connectivity index (χ1) is 8.69. The Morgan fingerprint density at radius 1 is 1.39 bits per heavy atom. The Kier molecular flexibility index (Phi) is 2.71. The Labute approximate surface area is 111 Å². The number of nitrogen functional groups attached to an aromatic ring is 1. The molecule has 0 spiro atoms. The fourth-order valence-corrected chi connectivity index (χ4v) is 3.46. The van der Waals surface area contributed by atoms with Crippen molar-refractivity contribution < 1.29 is 0 Å². The average molecular weight is 256 g/mol. The highest BCUT2D eigenvalue weighted by Crippen LogP contribution is 2.40. The van der Waals surface area contributed by atoms with Crippen molar-refractivity contribution in [2.45, 2.75) is 26.2 Å². The monoisotopic (exact) mass is 256 g/mol. The van der Waals surface area contributed by atoms with Gasteiger partial charge in [0.15, 0.2) is 5.13 Å². The molecule has 92 valence electrons. The highest BCUT2D eigenvalue weighted by molar-refractivity contribution is 7.15. The van der Waals surface area contributed by atoms with Crippen LogP contribution >= 0.6 is 11.3 Å². The van der Waals surface area contributed by atoms with E-state index in [0.717, 1.165) is 12.1 Å². The van der Waals surface area contributed by atoms with Crippen molar-refractivity contribution >= 4 is 22.5 Å². The molecule has 18 heavy (non-hydrogen) atoms. The van der Waals surface area contributed by atoms with Crippen molar-refractivity contribution in [2.75, 3.05) is 5.73 Å². The first kappa shape index (κ1) is 11.5. The minimum Gasteiger partial charge on any atom is -0.375 e. The number of aromatic nitrogens is 1. The molecule has 1 aromatic heterocycles. The standard InChI is InChI=1S/C15H16N2S/c1-3-10-4-6-12-11(8-10)5-7-13(12)14-9(2)17-15(16)18-14/h4-8,13H,3H2,1-2H3,(H2,16,17). The maximum Gasteiger partial charge on any atom is 0.180 e. The van der Waals surface area contributed by atoms with E-state index in [0.29, 0.717) is 11.0 Å². The maximum atomic E-state index is 5.80. The van der Waals surface area contributed by atoms with Gasteiger partial charge in [0.1, 0.15) is 0 Å². The summed E-state index contributed by atoms with van der Waals surface area (Å²) in [5, 5.41) is 0.662.